The summed E-state index contributed by atoms with van der Waals surface area (Å²) in [6, 6.07) is 0.243. The van der Waals surface area contributed by atoms with E-state index in [1.54, 1.807) is 7.05 Å². The Kier molecular flexibility index (Phi) is 4.19. The molecule has 0 rings (SSSR count). The van der Waals surface area contributed by atoms with Gasteiger partial charge in [0, 0.05) is 13.1 Å². The van der Waals surface area contributed by atoms with Gasteiger partial charge in [-0.3, -0.25) is 0 Å². The van der Waals surface area contributed by atoms with Crippen molar-refractivity contribution in [1.82, 2.24) is 10.6 Å². The topological polar surface area (TPSA) is 65.8 Å². The second-order valence-electron chi connectivity index (χ2n) is 2.08. The first kappa shape index (κ1) is 8.87. The zero-order valence-corrected chi connectivity index (χ0v) is 6.38. The van der Waals surface area contributed by atoms with Crippen LogP contribution in [0.5, 0.6) is 0 Å². The molecule has 0 aromatic heterocycles. The number of nitroso groups, excluding NO2 is 1. The lowest BCUT2D eigenvalue weighted by Crippen LogP contribution is -2.38. The minimum absolute atomic E-state index is 0.243. The third kappa shape index (κ3) is 3.82. The predicted molar refractivity (Wildman–Crippen MR) is 40.6 cm³/mol. The summed E-state index contributed by atoms with van der Waals surface area (Å²) in [6.07, 6.45) is 0. The first-order valence-corrected chi connectivity index (χ1v) is 3.05. The number of rotatable bonds is 2. The molecular formula is C5H12N4O. The highest BCUT2D eigenvalue weighted by Crippen LogP contribution is 1.77. The van der Waals surface area contributed by atoms with Crippen LogP contribution >= 0.6 is 0 Å². The smallest absolute Gasteiger partial charge is 0.219 e. The molecular weight excluding hydrogens is 132 g/mol. The van der Waals surface area contributed by atoms with Crippen LogP contribution in [0.2, 0.25) is 0 Å². The van der Waals surface area contributed by atoms with Gasteiger partial charge in [0.15, 0.2) is 0 Å². The van der Waals surface area contributed by atoms with Crippen molar-refractivity contribution in [2.24, 2.45) is 10.4 Å². The molecule has 0 atom stereocenters. The summed E-state index contributed by atoms with van der Waals surface area (Å²) in [6.45, 7) is 3.88. The average Bonchev–Trinajstić information content (AvgIpc) is 1.86. The third-order valence-corrected chi connectivity index (χ3v) is 0.803. The van der Waals surface area contributed by atoms with E-state index in [2.05, 4.69) is 21.0 Å². The molecule has 10 heavy (non-hydrogen) atoms. The van der Waals surface area contributed by atoms with E-state index in [0.717, 1.165) is 0 Å². The highest BCUT2D eigenvalue weighted by atomic mass is 16.3. The minimum atomic E-state index is 0.243. The van der Waals surface area contributed by atoms with Gasteiger partial charge in [-0.15, -0.1) is 4.91 Å². The maximum absolute atomic E-state index is 9.64. The number of nitrogens with one attached hydrogen (secondary N) is 2. The average molecular weight is 144 g/mol. The second-order valence-corrected chi connectivity index (χ2v) is 2.08. The fourth-order valence-electron chi connectivity index (χ4n) is 0.465. The number of guanidine groups is 1. The van der Waals surface area contributed by atoms with Crippen molar-refractivity contribution >= 4 is 5.96 Å². The molecule has 0 bridgehead atoms. The Hall–Kier alpha value is -1.13. The van der Waals surface area contributed by atoms with Crippen LogP contribution in [0.1, 0.15) is 13.8 Å². The van der Waals surface area contributed by atoms with Crippen molar-refractivity contribution in [1.29, 1.82) is 0 Å². The van der Waals surface area contributed by atoms with E-state index >= 15 is 0 Å². The van der Waals surface area contributed by atoms with E-state index in [4.69, 9.17) is 0 Å². The van der Waals surface area contributed by atoms with Crippen molar-refractivity contribution in [2.45, 2.75) is 19.9 Å². The maximum Gasteiger partial charge on any atom is 0.219 e. The van der Waals surface area contributed by atoms with Crippen LogP contribution < -0.4 is 10.6 Å². The van der Waals surface area contributed by atoms with Crippen LogP contribution in [0.3, 0.4) is 0 Å². The highest BCUT2D eigenvalue weighted by molar-refractivity contribution is 5.79. The standard InChI is InChI=1S/C5H12N4O/c1-4(2)7-5(6-3)8-9-10/h4H,1-3H3,(H2,6,7,8,10). The van der Waals surface area contributed by atoms with Gasteiger partial charge in [-0.1, -0.05) is 5.10 Å². The number of hydrogen-bond acceptors (Lipinski definition) is 2. The fraction of sp³-hybridized carbons (Fsp3) is 0.800. The van der Waals surface area contributed by atoms with E-state index in [9.17, 15) is 4.91 Å². The van der Waals surface area contributed by atoms with Gasteiger partial charge in [0.1, 0.15) is 0 Å². The summed E-state index contributed by atoms with van der Waals surface area (Å²) in [5.74, 6) is 0.394. The predicted octanol–water partition coefficient (Wildman–Crippen LogP) is 0.241. The first-order chi connectivity index (χ1) is 4.70. The van der Waals surface area contributed by atoms with Gasteiger partial charge in [-0.05, 0) is 13.8 Å². The van der Waals surface area contributed by atoms with Gasteiger partial charge < -0.3 is 10.6 Å². The molecule has 0 aliphatic rings. The maximum atomic E-state index is 9.64. The van der Waals surface area contributed by atoms with Crippen LogP contribution in [-0.2, 0) is 0 Å². The Balaban J connectivity index is 3.82. The van der Waals surface area contributed by atoms with Gasteiger partial charge >= 0.3 is 0 Å². The molecule has 58 valence electrons. The van der Waals surface area contributed by atoms with Gasteiger partial charge in [-0.25, -0.2) is 0 Å². The summed E-state index contributed by atoms with van der Waals surface area (Å²) in [5, 5.41) is 11.2. The van der Waals surface area contributed by atoms with E-state index in [1.807, 2.05) is 13.8 Å². The zero-order valence-electron chi connectivity index (χ0n) is 6.38. The number of nitrogens with zero attached hydrogens (tertiary/aromatic N) is 2. The number of hydrogen-bond donors (Lipinski definition) is 2. The molecule has 0 heterocycles. The van der Waals surface area contributed by atoms with E-state index in [-0.39, 0.29) is 6.04 Å². The highest BCUT2D eigenvalue weighted by Gasteiger charge is 1.96. The SMILES string of the molecule is CN/C(=N\N=O)NC(C)C. The van der Waals surface area contributed by atoms with Crippen molar-refractivity contribution in [3.63, 3.8) is 0 Å². The van der Waals surface area contributed by atoms with Gasteiger partial charge in [0.2, 0.25) is 5.96 Å². The van der Waals surface area contributed by atoms with Gasteiger partial charge in [0.25, 0.3) is 0 Å². The van der Waals surface area contributed by atoms with Crippen LogP contribution in [-0.4, -0.2) is 19.0 Å². The summed E-state index contributed by atoms with van der Waals surface area (Å²) in [5.41, 5.74) is 0. The summed E-state index contributed by atoms with van der Waals surface area (Å²) in [7, 11) is 1.67. The van der Waals surface area contributed by atoms with Gasteiger partial charge in [0.05, 0.1) is 5.29 Å². The molecule has 0 amide bonds. The first-order valence-electron chi connectivity index (χ1n) is 3.05. The Labute approximate surface area is 59.9 Å². The molecule has 0 saturated heterocycles. The second kappa shape index (κ2) is 4.72. The lowest BCUT2D eigenvalue weighted by molar-refractivity contribution is 0.712. The largest absolute Gasteiger partial charge is 0.358 e. The van der Waals surface area contributed by atoms with Crippen LogP contribution in [0.4, 0.5) is 0 Å². The normalized spacial score (nSPS) is 11.4. The Morgan fingerprint density at radius 3 is 2.40 bits per heavy atom. The monoisotopic (exact) mass is 144 g/mol. The Bertz CT molecular complexity index is 132. The summed E-state index contributed by atoms with van der Waals surface area (Å²) >= 11 is 0. The molecule has 0 saturated carbocycles. The fourth-order valence-corrected chi connectivity index (χ4v) is 0.465. The molecule has 0 radical (unpaired) electrons. The molecule has 0 aromatic rings. The molecule has 0 unspecified atom stereocenters. The molecule has 5 nitrogen and oxygen atoms in total. The molecule has 0 aromatic carbocycles. The molecule has 0 aliphatic carbocycles. The molecule has 2 N–H and O–H groups in total. The molecule has 0 aliphatic heterocycles. The third-order valence-electron chi connectivity index (χ3n) is 0.803. The lowest BCUT2D eigenvalue weighted by Gasteiger charge is -2.09. The molecule has 0 fully saturated rings. The van der Waals surface area contributed by atoms with Crippen molar-refractivity contribution in [3.05, 3.63) is 4.91 Å². The minimum Gasteiger partial charge on any atom is -0.358 e. The van der Waals surface area contributed by atoms with Crippen molar-refractivity contribution in [2.75, 3.05) is 7.05 Å². The summed E-state index contributed by atoms with van der Waals surface area (Å²) in [4.78, 5) is 9.64. The van der Waals surface area contributed by atoms with Crippen molar-refractivity contribution in [3.8, 4) is 0 Å². The Morgan fingerprint density at radius 2 is 2.10 bits per heavy atom. The van der Waals surface area contributed by atoms with Gasteiger partial charge in [-0.2, -0.15) is 0 Å². The summed E-state index contributed by atoms with van der Waals surface area (Å²) < 4.78 is 0. The van der Waals surface area contributed by atoms with E-state index in [0.29, 0.717) is 5.96 Å². The van der Waals surface area contributed by atoms with Crippen LogP contribution in [0.15, 0.2) is 10.4 Å². The van der Waals surface area contributed by atoms with E-state index in [1.165, 1.54) is 0 Å². The zero-order chi connectivity index (χ0) is 7.98. The van der Waals surface area contributed by atoms with Crippen LogP contribution in [0, 0.1) is 4.91 Å². The van der Waals surface area contributed by atoms with E-state index < -0.39 is 0 Å². The van der Waals surface area contributed by atoms with Crippen molar-refractivity contribution < 1.29 is 0 Å². The molecule has 5 heteroatoms. The van der Waals surface area contributed by atoms with Crippen LogP contribution in [0.25, 0.3) is 0 Å². The Morgan fingerprint density at radius 1 is 1.50 bits per heavy atom. The molecule has 0 spiro atoms. The quantitative estimate of drug-likeness (QED) is 0.252. The lowest BCUT2D eigenvalue weighted by atomic mass is 10.4.